The van der Waals surface area contributed by atoms with Gasteiger partial charge < -0.3 is 35.1 Å². The van der Waals surface area contributed by atoms with Crippen molar-refractivity contribution < 1.29 is 28.8 Å². The van der Waals surface area contributed by atoms with Gasteiger partial charge in [-0.3, -0.25) is 4.79 Å². The molecule has 0 fully saturated rings. The van der Waals surface area contributed by atoms with Crippen molar-refractivity contribution in [1.29, 1.82) is 5.26 Å². The van der Waals surface area contributed by atoms with Crippen molar-refractivity contribution in [3.63, 3.8) is 0 Å². The Bertz CT molecular complexity index is 988. The fourth-order valence-electron chi connectivity index (χ4n) is 2.92. The number of benzene rings is 2. The van der Waals surface area contributed by atoms with Crippen LogP contribution in [0.15, 0.2) is 36.4 Å². The number of nitrogens with zero attached hydrogens (tertiary/aromatic N) is 1. The maximum Gasteiger partial charge on any atom is 0.243 e. The molecule has 31 heavy (non-hydrogen) atoms. The minimum absolute atomic E-state index is 0.338. The number of hydrogen-bond donors (Lipinski definition) is 3. The molecule has 1 atom stereocenters. The van der Waals surface area contributed by atoms with Crippen molar-refractivity contribution >= 4 is 17.2 Å². The van der Waals surface area contributed by atoms with Crippen LogP contribution in [0.3, 0.4) is 0 Å². The smallest absolute Gasteiger partial charge is 0.243 e. The first-order chi connectivity index (χ1) is 14.9. The summed E-state index contributed by atoms with van der Waals surface area (Å²) in [4.78, 5) is 12.2. The lowest BCUT2D eigenvalue weighted by molar-refractivity contribution is -0.118. The second-order valence-corrected chi connectivity index (χ2v) is 6.29. The maximum atomic E-state index is 12.2. The second-order valence-electron chi connectivity index (χ2n) is 6.29. The summed E-state index contributed by atoms with van der Waals surface area (Å²) in [5.41, 5.74) is 7.72. The Morgan fingerprint density at radius 1 is 1.06 bits per heavy atom. The molecule has 0 bridgehead atoms. The molecule has 0 aromatic heterocycles. The zero-order valence-corrected chi connectivity index (χ0v) is 17.8. The highest BCUT2D eigenvalue weighted by atomic mass is 16.5. The molecular formula is C22H25N3O6. The molecule has 0 aliphatic rings. The van der Waals surface area contributed by atoms with Gasteiger partial charge in [-0.2, -0.15) is 5.26 Å². The van der Waals surface area contributed by atoms with Crippen LogP contribution in [0.1, 0.15) is 11.1 Å². The van der Waals surface area contributed by atoms with Crippen LogP contribution >= 0.6 is 0 Å². The Balaban J connectivity index is 2.61. The van der Waals surface area contributed by atoms with E-state index in [4.69, 9.17) is 29.8 Å². The first-order valence-electron chi connectivity index (χ1n) is 9.19. The first-order valence-corrected chi connectivity index (χ1v) is 9.19. The SMILES string of the molecule is COc1ccc(/C(=C/C#N)c2cc(OC)c(OC)c(OC)c2)cc1NC(=O)C(N)CO. The van der Waals surface area contributed by atoms with E-state index in [0.29, 0.717) is 45.4 Å². The summed E-state index contributed by atoms with van der Waals surface area (Å²) in [7, 11) is 5.96. The highest BCUT2D eigenvalue weighted by Crippen LogP contribution is 2.41. The van der Waals surface area contributed by atoms with Crippen LogP contribution < -0.4 is 30.0 Å². The summed E-state index contributed by atoms with van der Waals surface area (Å²) in [5, 5.41) is 21.1. The number of ether oxygens (including phenoxy) is 4. The summed E-state index contributed by atoms with van der Waals surface area (Å²) in [6.07, 6.45) is 1.37. The van der Waals surface area contributed by atoms with Crippen molar-refractivity contribution in [3.8, 4) is 29.1 Å². The first kappa shape index (κ1) is 23.5. The van der Waals surface area contributed by atoms with E-state index in [9.17, 15) is 10.1 Å². The third-order valence-corrected chi connectivity index (χ3v) is 4.49. The Morgan fingerprint density at radius 2 is 1.68 bits per heavy atom. The monoisotopic (exact) mass is 427 g/mol. The maximum absolute atomic E-state index is 12.2. The van der Waals surface area contributed by atoms with Crippen LogP contribution in [0.2, 0.25) is 0 Å². The standard InChI is InChI=1S/C22H25N3O6/c1-28-18-6-5-13(9-17(18)25-22(27)16(24)12-26)15(7-8-23)14-10-19(29-2)21(31-4)20(11-14)30-3/h5-7,9-11,16,26H,12,24H2,1-4H3,(H,25,27)/b15-7-. The van der Waals surface area contributed by atoms with Gasteiger partial charge in [0.1, 0.15) is 11.8 Å². The van der Waals surface area contributed by atoms with Gasteiger partial charge in [0.15, 0.2) is 11.5 Å². The zero-order valence-electron chi connectivity index (χ0n) is 17.8. The van der Waals surface area contributed by atoms with Crippen LogP contribution in [0.25, 0.3) is 5.57 Å². The molecule has 0 aliphatic heterocycles. The number of hydrogen-bond acceptors (Lipinski definition) is 8. The normalized spacial score (nSPS) is 11.8. The average molecular weight is 427 g/mol. The van der Waals surface area contributed by atoms with Crippen molar-refractivity contribution in [2.75, 3.05) is 40.4 Å². The summed E-state index contributed by atoms with van der Waals surface area (Å²) in [6, 6.07) is 9.43. The molecule has 0 spiro atoms. The molecule has 0 radical (unpaired) electrons. The number of nitriles is 1. The number of methoxy groups -OCH3 is 4. The van der Waals surface area contributed by atoms with Crippen LogP contribution in [0.5, 0.6) is 23.0 Å². The van der Waals surface area contributed by atoms with Crippen molar-refractivity contribution in [2.24, 2.45) is 5.73 Å². The predicted octanol–water partition coefficient (Wildman–Crippen LogP) is 1.93. The Kier molecular flexibility index (Phi) is 8.25. The number of anilines is 1. The molecule has 2 rings (SSSR count). The number of carbonyl (C=O) groups excluding carboxylic acids is 1. The summed E-state index contributed by atoms with van der Waals surface area (Å²) >= 11 is 0. The van der Waals surface area contributed by atoms with Crippen molar-refractivity contribution in [3.05, 3.63) is 47.5 Å². The van der Waals surface area contributed by atoms with Crippen LogP contribution in [0, 0.1) is 11.3 Å². The largest absolute Gasteiger partial charge is 0.495 e. The highest BCUT2D eigenvalue weighted by molar-refractivity contribution is 5.97. The number of aliphatic hydroxyl groups excluding tert-OH is 1. The molecule has 0 aliphatic carbocycles. The Morgan fingerprint density at radius 3 is 2.16 bits per heavy atom. The summed E-state index contributed by atoms with van der Waals surface area (Å²) < 4.78 is 21.5. The second kappa shape index (κ2) is 10.9. The van der Waals surface area contributed by atoms with Gasteiger partial charge in [0.25, 0.3) is 0 Å². The third-order valence-electron chi connectivity index (χ3n) is 4.49. The number of aliphatic hydroxyl groups is 1. The van der Waals surface area contributed by atoms with Crippen molar-refractivity contribution in [2.45, 2.75) is 6.04 Å². The lowest BCUT2D eigenvalue weighted by Crippen LogP contribution is -2.38. The van der Waals surface area contributed by atoms with E-state index in [1.807, 2.05) is 6.07 Å². The topological polar surface area (TPSA) is 136 Å². The molecule has 0 saturated carbocycles. The molecule has 0 heterocycles. The highest BCUT2D eigenvalue weighted by Gasteiger charge is 2.19. The minimum atomic E-state index is -1.09. The third kappa shape index (κ3) is 5.25. The van der Waals surface area contributed by atoms with E-state index in [2.05, 4.69) is 5.32 Å². The van der Waals surface area contributed by atoms with Crippen LogP contribution in [-0.2, 0) is 4.79 Å². The minimum Gasteiger partial charge on any atom is -0.495 e. The number of amides is 1. The van der Waals surface area contributed by atoms with Gasteiger partial charge in [-0.15, -0.1) is 0 Å². The molecule has 9 nitrogen and oxygen atoms in total. The van der Waals surface area contributed by atoms with Gasteiger partial charge >= 0.3 is 0 Å². The molecule has 164 valence electrons. The van der Waals surface area contributed by atoms with Crippen LogP contribution in [0.4, 0.5) is 5.69 Å². The molecule has 2 aromatic rings. The fourth-order valence-corrected chi connectivity index (χ4v) is 2.92. The molecular weight excluding hydrogens is 402 g/mol. The van der Waals surface area contributed by atoms with Crippen molar-refractivity contribution in [1.82, 2.24) is 0 Å². The van der Waals surface area contributed by atoms with Gasteiger partial charge in [-0.05, 0) is 41.0 Å². The van der Waals surface area contributed by atoms with E-state index in [-0.39, 0.29) is 0 Å². The van der Waals surface area contributed by atoms with E-state index in [0.717, 1.165) is 0 Å². The lowest BCUT2D eigenvalue weighted by atomic mass is 9.96. The van der Waals surface area contributed by atoms with Gasteiger partial charge in [0.05, 0.1) is 46.8 Å². The van der Waals surface area contributed by atoms with E-state index in [1.54, 1.807) is 30.3 Å². The number of carbonyl (C=O) groups is 1. The number of nitrogens with one attached hydrogen (secondary N) is 1. The quantitative estimate of drug-likeness (QED) is 0.517. The Hall–Kier alpha value is -3.74. The molecule has 2 aromatic carbocycles. The van der Waals surface area contributed by atoms with Gasteiger partial charge in [-0.25, -0.2) is 0 Å². The van der Waals surface area contributed by atoms with E-state index >= 15 is 0 Å². The molecule has 1 unspecified atom stereocenters. The predicted molar refractivity (Wildman–Crippen MR) is 115 cm³/mol. The average Bonchev–Trinajstić information content (AvgIpc) is 2.80. The zero-order chi connectivity index (χ0) is 23.0. The molecule has 4 N–H and O–H groups in total. The van der Waals surface area contributed by atoms with E-state index < -0.39 is 18.6 Å². The Labute approximate surface area is 180 Å². The summed E-state index contributed by atoms with van der Waals surface area (Å²) in [5.74, 6) is 1.10. The number of allylic oxidation sites excluding steroid dienone is 1. The van der Waals surface area contributed by atoms with Gasteiger partial charge in [-0.1, -0.05) is 6.07 Å². The van der Waals surface area contributed by atoms with Gasteiger partial charge in [0.2, 0.25) is 11.7 Å². The number of nitrogens with two attached hydrogens (primary N) is 1. The molecule has 1 amide bonds. The summed E-state index contributed by atoms with van der Waals surface area (Å²) in [6.45, 7) is -0.501. The lowest BCUT2D eigenvalue weighted by Gasteiger charge is -2.17. The van der Waals surface area contributed by atoms with E-state index in [1.165, 1.54) is 34.5 Å². The number of rotatable bonds is 9. The van der Waals surface area contributed by atoms with Gasteiger partial charge in [0, 0.05) is 6.08 Å². The molecule has 9 heteroatoms. The van der Waals surface area contributed by atoms with Crippen LogP contribution in [-0.4, -0.2) is 52.1 Å². The fraction of sp³-hybridized carbons (Fsp3) is 0.273. The molecule has 0 saturated heterocycles.